The Labute approximate surface area is 157 Å². The van der Waals surface area contributed by atoms with Crippen LogP contribution in [0.25, 0.3) is 38.8 Å². The number of rotatable bonds is 2. The molecule has 3 heteroatoms. The van der Waals surface area contributed by atoms with E-state index in [-0.39, 0.29) is 5.75 Å². The van der Waals surface area contributed by atoms with Gasteiger partial charge in [-0.15, -0.1) is 0 Å². The van der Waals surface area contributed by atoms with E-state index < -0.39 is 0 Å². The lowest BCUT2D eigenvalue weighted by Gasteiger charge is -2.11. The van der Waals surface area contributed by atoms with Crippen molar-refractivity contribution >= 4 is 21.8 Å². The maximum absolute atomic E-state index is 10.0. The van der Waals surface area contributed by atoms with Gasteiger partial charge in [-0.25, -0.2) is 4.98 Å². The van der Waals surface area contributed by atoms with Gasteiger partial charge in [0.25, 0.3) is 0 Å². The van der Waals surface area contributed by atoms with E-state index >= 15 is 0 Å². The van der Waals surface area contributed by atoms with Crippen LogP contribution in [0, 0.1) is 6.92 Å². The number of aryl methyl sites for hydroxylation is 1. The minimum Gasteiger partial charge on any atom is -0.508 e. The third-order valence-electron chi connectivity index (χ3n) is 5.07. The molecule has 0 unspecified atom stereocenters. The Morgan fingerprint density at radius 2 is 1.52 bits per heavy atom. The molecule has 0 saturated heterocycles. The van der Waals surface area contributed by atoms with E-state index in [1.54, 1.807) is 12.1 Å². The van der Waals surface area contributed by atoms with Crippen LogP contribution in [0.15, 0.2) is 85.1 Å². The molecule has 0 radical (unpaired) electrons. The van der Waals surface area contributed by atoms with Crippen molar-refractivity contribution in [2.75, 3.05) is 0 Å². The molecule has 5 aromatic rings. The van der Waals surface area contributed by atoms with E-state index in [1.165, 1.54) is 0 Å². The third-order valence-corrected chi connectivity index (χ3v) is 5.07. The van der Waals surface area contributed by atoms with Crippen LogP contribution >= 0.6 is 0 Å². The van der Waals surface area contributed by atoms with E-state index in [9.17, 15) is 5.11 Å². The largest absolute Gasteiger partial charge is 0.508 e. The van der Waals surface area contributed by atoms with E-state index in [4.69, 9.17) is 4.98 Å². The minimum absolute atomic E-state index is 0.254. The number of nitrogens with zero attached hydrogens (tertiary/aromatic N) is 2. The van der Waals surface area contributed by atoms with Gasteiger partial charge in [0.2, 0.25) is 0 Å². The Morgan fingerprint density at radius 1 is 0.778 bits per heavy atom. The van der Waals surface area contributed by atoms with Crippen LogP contribution in [0.4, 0.5) is 0 Å². The molecule has 27 heavy (non-hydrogen) atoms. The number of para-hydroxylation sites is 1. The molecule has 0 aliphatic carbocycles. The van der Waals surface area contributed by atoms with Crippen LogP contribution in [0.5, 0.6) is 5.75 Å². The van der Waals surface area contributed by atoms with Crippen molar-refractivity contribution in [2.45, 2.75) is 6.92 Å². The van der Waals surface area contributed by atoms with Gasteiger partial charge in [-0.2, -0.15) is 0 Å². The Bertz CT molecular complexity index is 1290. The summed E-state index contributed by atoms with van der Waals surface area (Å²) in [4.78, 5) is 4.77. The molecule has 0 spiro atoms. The molecule has 1 N–H and O–H groups in total. The molecule has 130 valence electrons. The summed E-state index contributed by atoms with van der Waals surface area (Å²) >= 11 is 0. The lowest BCUT2D eigenvalue weighted by atomic mass is 10.0. The molecule has 0 aliphatic heterocycles. The lowest BCUT2D eigenvalue weighted by Crippen LogP contribution is -1.99. The highest BCUT2D eigenvalue weighted by atomic mass is 16.3. The second-order valence-electron chi connectivity index (χ2n) is 6.78. The van der Waals surface area contributed by atoms with Gasteiger partial charge in [0.05, 0.1) is 11.0 Å². The number of pyridine rings is 1. The third kappa shape index (κ3) is 2.48. The zero-order valence-electron chi connectivity index (χ0n) is 14.9. The topological polar surface area (TPSA) is 38.0 Å². The van der Waals surface area contributed by atoms with Crippen LogP contribution < -0.4 is 0 Å². The number of aromatic nitrogens is 2. The average Bonchev–Trinajstić information content (AvgIpc) is 3.02. The monoisotopic (exact) mass is 350 g/mol. The van der Waals surface area contributed by atoms with Crippen molar-refractivity contribution in [1.82, 2.24) is 9.55 Å². The molecular weight excluding hydrogens is 332 g/mol. The first-order chi connectivity index (χ1) is 13.2. The van der Waals surface area contributed by atoms with Gasteiger partial charge in [-0.3, -0.25) is 4.57 Å². The average molecular weight is 350 g/mol. The number of aromatic hydroxyl groups is 1. The summed E-state index contributed by atoms with van der Waals surface area (Å²) in [6, 6.07) is 26.2. The Hall–Kier alpha value is -3.59. The summed E-state index contributed by atoms with van der Waals surface area (Å²) in [6.07, 6.45) is 1.93. The second kappa shape index (κ2) is 5.99. The number of phenols is 1. The zero-order chi connectivity index (χ0) is 18.4. The maximum Gasteiger partial charge on any atom is 0.137 e. The fourth-order valence-corrected chi connectivity index (χ4v) is 3.79. The molecule has 0 saturated carbocycles. The SMILES string of the molecule is Cc1cc(-n2c3ccccc3c3ccc(O)cc32)ncc1-c1ccccc1. The van der Waals surface area contributed by atoms with Gasteiger partial charge in [0, 0.05) is 28.6 Å². The Balaban J connectivity index is 1.78. The molecule has 5 rings (SSSR count). The molecule has 0 fully saturated rings. The van der Waals surface area contributed by atoms with Crippen molar-refractivity contribution in [3.05, 3.63) is 90.6 Å². The Kier molecular flexibility index (Phi) is 3.47. The fourth-order valence-electron chi connectivity index (χ4n) is 3.79. The van der Waals surface area contributed by atoms with Gasteiger partial charge in [-0.1, -0.05) is 48.5 Å². The van der Waals surface area contributed by atoms with Crippen molar-refractivity contribution in [3.63, 3.8) is 0 Å². The summed E-state index contributed by atoms with van der Waals surface area (Å²) < 4.78 is 2.12. The number of hydrogen-bond donors (Lipinski definition) is 1. The van der Waals surface area contributed by atoms with Crippen LogP contribution in [0.3, 0.4) is 0 Å². The number of phenolic OH excluding ortho intramolecular Hbond substituents is 1. The predicted octanol–water partition coefficient (Wildman–Crippen LogP) is 5.86. The van der Waals surface area contributed by atoms with Crippen LogP contribution in [-0.4, -0.2) is 14.7 Å². The number of fused-ring (bicyclic) bond motifs is 3. The van der Waals surface area contributed by atoms with E-state index in [0.29, 0.717) is 0 Å². The van der Waals surface area contributed by atoms with E-state index in [2.05, 4.69) is 41.8 Å². The molecule has 2 heterocycles. The molecule has 0 amide bonds. The predicted molar refractivity (Wildman–Crippen MR) is 110 cm³/mol. The molecule has 0 aliphatic rings. The molecule has 3 nitrogen and oxygen atoms in total. The van der Waals surface area contributed by atoms with Crippen molar-refractivity contribution in [1.29, 1.82) is 0 Å². The normalized spacial score (nSPS) is 11.3. The van der Waals surface area contributed by atoms with Gasteiger partial charge in [0.15, 0.2) is 0 Å². The van der Waals surface area contributed by atoms with Gasteiger partial charge in [-0.05, 0) is 42.3 Å². The van der Waals surface area contributed by atoms with Gasteiger partial charge < -0.3 is 5.11 Å². The smallest absolute Gasteiger partial charge is 0.137 e. The van der Waals surface area contributed by atoms with Crippen LogP contribution in [0.2, 0.25) is 0 Å². The maximum atomic E-state index is 10.0. The summed E-state index contributed by atoms with van der Waals surface area (Å²) in [5.41, 5.74) is 5.49. The number of hydrogen-bond acceptors (Lipinski definition) is 2. The van der Waals surface area contributed by atoms with Gasteiger partial charge in [0.1, 0.15) is 11.6 Å². The van der Waals surface area contributed by atoms with E-state index in [0.717, 1.165) is 44.3 Å². The fraction of sp³-hybridized carbons (Fsp3) is 0.0417. The Morgan fingerprint density at radius 3 is 2.33 bits per heavy atom. The number of benzene rings is 3. The van der Waals surface area contributed by atoms with Crippen LogP contribution in [-0.2, 0) is 0 Å². The van der Waals surface area contributed by atoms with Crippen LogP contribution in [0.1, 0.15) is 5.56 Å². The minimum atomic E-state index is 0.254. The standard InChI is InChI=1S/C24H18N2O/c1-16-13-24(25-15-21(16)17-7-3-2-4-8-17)26-22-10-6-5-9-19(22)20-12-11-18(27)14-23(20)26/h2-15,27H,1H3. The highest BCUT2D eigenvalue weighted by Gasteiger charge is 2.14. The van der Waals surface area contributed by atoms with Gasteiger partial charge >= 0.3 is 0 Å². The first-order valence-corrected chi connectivity index (χ1v) is 8.97. The molecule has 0 bridgehead atoms. The lowest BCUT2D eigenvalue weighted by molar-refractivity contribution is 0.476. The molecule has 0 atom stereocenters. The second-order valence-corrected chi connectivity index (χ2v) is 6.78. The van der Waals surface area contributed by atoms with Crippen molar-refractivity contribution < 1.29 is 5.11 Å². The molecule has 2 aromatic heterocycles. The van der Waals surface area contributed by atoms with Crippen molar-refractivity contribution in [2.24, 2.45) is 0 Å². The summed E-state index contributed by atoms with van der Waals surface area (Å²) in [6.45, 7) is 2.11. The highest BCUT2D eigenvalue weighted by molar-refractivity contribution is 6.09. The first-order valence-electron chi connectivity index (χ1n) is 8.97. The highest BCUT2D eigenvalue weighted by Crippen LogP contribution is 2.34. The quantitative estimate of drug-likeness (QED) is 0.433. The zero-order valence-corrected chi connectivity index (χ0v) is 14.9. The van der Waals surface area contributed by atoms with E-state index in [1.807, 2.05) is 42.6 Å². The first kappa shape index (κ1) is 15.6. The molecule has 3 aromatic carbocycles. The van der Waals surface area contributed by atoms with Crippen molar-refractivity contribution in [3.8, 4) is 22.7 Å². The summed E-state index contributed by atoms with van der Waals surface area (Å²) in [5.74, 6) is 1.10. The molecular formula is C24H18N2O. The summed E-state index contributed by atoms with van der Waals surface area (Å²) in [7, 11) is 0. The summed E-state index contributed by atoms with van der Waals surface area (Å²) in [5, 5.41) is 12.3.